The molecular formula is C14H19FN2S. The summed E-state index contributed by atoms with van der Waals surface area (Å²) < 4.78 is 14.4. The number of aryl methyl sites for hydroxylation is 1. The zero-order valence-corrected chi connectivity index (χ0v) is 12.1. The fourth-order valence-corrected chi connectivity index (χ4v) is 2.75. The number of aromatic nitrogens is 1. The first-order valence-corrected chi connectivity index (χ1v) is 7.25. The molecule has 0 saturated carbocycles. The minimum Gasteiger partial charge on any atom is -0.361 e. The third-order valence-electron chi connectivity index (χ3n) is 3.19. The average molecular weight is 266 g/mol. The fraction of sp³-hybridized carbons (Fsp3) is 0.429. The molecule has 2 rings (SSSR count). The van der Waals surface area contributed by atoms with Crippen LogP contribution in [0.2, 0.25) is 0 Å². The van der Waals surface area contributed by atoms with Crippen LogP contribution in [-0.2, 0) is 6.42 Å². The van der Waals surface area contributed by atoms with Crippen LogP contribution in [0.3, 0.4) is 0 Å². The van der Waals surface area contributed by atoms with Crippen LogP contribution >= 0.6 is 11.8 Å². The van der Waals surface area contributed by atoms with Gasteiger partial charge in [0.25, 0.3) is 0 Å². The van der Waals surface area contributed by atoms with Crippen LogP contribution in [0.4, 0.5) is 4.39 Å². The van der Waals surface area contributed by atoms with E-state index in [-0.39, 0.29) is 5.82 Å². The first-order chi connectivity index (χ1) is 8.54. The Morgan fingerprint density at radius 3 is 2.72 bits per heavy atom. The molecule has 4 heteroatoms. The number of hydrogen-bond donors (Lipinski definition) is 1. The van der Waals surface area contributed by atoms with Crippen LogP contribution < -0.4 is 0 Å². The molecule has 0 unspecified atom stereocenters. The number of hydrogen-bond acceptors (Lipinski definition) is 2. The highest BCUT2D eigenvalue weighted by atomic mass is 32.2. The number of likely N-dealkylation sites (N-methyl/N-ethyl adjacent to an activating group) is 1. The second kappa shape index (κ2) is 5.33. The molecule has 0 aliphatic heterocycles. The van der Waals surface area contributed by atoms with Crippen molar-refractivity contribution >= 4 is 22.7 Å². The van der Waals surface area contributed by atoms with Crippen LogP contribution in [0.5, 0.6) is 0 Å². The van der Waals surface area contributed by atoms with Gasteiger partial charge in [0.1, 0.15) is 5.82 Å². The monoisotopic (exact) mass is 266 g/mol. The highest BCUT2D eigenvalue weighted by Gasteiger charge is 2.14. The quantitative estimate of drug-likeness (QED) is 0.855. The molecule has 98 valence electrons. The van der Waals surface area contributed by atoms with Gasteiger partial charge in [0, 0.05) is 23.0 Å². The summed E-state index contributed by atoms with van der Waals surface area (Å²) in [7, 11) is 4.06. The van der Waals surface area contributed by atoms with Gasteiger partial charge in [0.05, 0.1) is 5.52 Å². The van der Waals surface area contributed by atoms with Crippen molar-refractivity contribution in [1.82, 2.24) is 9.88 Å². The molecule has 0 aliphatic carbocycles. The van der Waals surface area contributed by atoms with E-state index in [9.17, 15) is 4.39 Å². The second-order valence-electron chi connectivity index (χ2n) is 4.83. The van der Waals surface area contributed by atoms with E-state index < -0.39 is 0 Å². The van der Waals surface area contributed by atoms with Gasteiger partial charge in [-0.3, -0.25) is 0 Å². The van der Waals surface area contributed by atoms with Crippen LogP contribution in [0.25, 0.3) is 10.9 Å². The molecule has 0 saturated heterocycles. The Morgan fingerprint density at radius 2 is 2.11 bits per heavy atom. The molecule has 1 N–H and O–H groups in total. The Balaban J connectivity index is 2.52. The van der Waals surface area contributed by atoms with E-state index in [1.54, 1.807) is 0 Å². The molecule has 18 heavy (non-hydrogen) atoms. The van der Waals surface area contributed by atoms with Crippen LogP contribution in [0.15, 0.2) is 17.2 Å². The van der Waals surface area contributed by atoms with Gasteiger partial charge in [-0.2, -0.15) is 0 Å². The summed E-state index contributed by atoms with van der Waals surface area (Å²) in [6.07, 6.45) is 4.71. The number of nitrogens with zero attached hydrogens (tertiary/aromatic N) is 1. The van der Waals surface area contributed by atoms with Gasteiger partial charge < -0.3 is 9.88 Å². The van der Waals surface area contributed by atoms with E-state index in [2.05, 4.69) is 9.88 Å². The largest absolute Gasteiger partial charge is 0.361 e. The van der Waals surface area contributed by atoms with Crippen LogP contribution in [0, 0.1) is 12.7 Å². The third kappa shape index (κ3) is 2.40. The molecule has 0 spiro atoms. The number of aromatic amines is 1. The minimum absolute atomic E-state index is 0.0851. The van der Waals surface area contributed by atoms with E-state index >= 15 is 0 Å². The normalized spacial score (nSPS) is 11.7. The smallest absolute Gasteiger partial charge is 0.146 e. The number of H-pyrrole nitrogens is 1. The van der Waals surface area contributed by atoms with Crippen molar-refractivity contribution < 1.29 is 4.39 Å². The molecule has 0 aliphatic rings. The Bertz CT molecular complexity index is 560. The van der Waals surface area contributed by atoms with Gasteiger partial charge in [-0.05, 0) is 50.9 Å². The number of halogens is 1. The summed E-state index contributed by atoms with van der Waals surface area (Å²) in [5.74, 6) is -0.0851. The minimum atomic E-state index is -0.0851. The maximum absolute atomic E-state index is 14.4. The van der Waals surface area contributed by atoms with Crippen molar-refractivity contribution in [3.63, 3.8) is 0 Å². The highest BCUT2D eigenvalue weighted by Crippen LogP contribution is 2.31. The van der Waals surface area contributed by atoms with E-state index in [1.807, 2.05) is 39.5 Å². The highest BCUT2D eigenvalue weighted by molar-refractivity contribution is 7.98. The van der Waals surface area contributed by atoms with Crippen molar-refractivity contribution in [1.29, 1.82) is 0 Å². The predicted molar refractivity (Wildman–Crippen MR) is 77.0 cm³/mol. The molecular weight excluding hydrogens is 247 g/mol. The lowest BCUT2D eigenvalue weighted by atomic mass is 10.1. The van der Waals surface area contributed by atoms with Crippen molar-refractivity contribution in [2.75, 3.05) is 26.9 Å². The molecule has 0 fully saturated rings. The van der Waals surface area contributed by atoms with E-state index in [0.29, 0.717) is 0 Å². The number of nitrogens with one attached hydrogen (secondary N) is 1. The van der Waals surface area contributed by atoms with E-state index in [1.165, 1.54) is 11.8 Å². The summed E-state index contributed by atoms with van der Waals surface area (Å²) in [4.78, 5) is 6.05. The lowest BCUT2D eigenvalue weighted by Gasteiger charge is -2.09. The number of rotatable bonds is 4. The zero-order chi connectivity index (χ0) is 13.3. The van der Waals surface area contributed by atoms with Gasteiger partial charge in [-0.25, -0.2) is 4.39 Å². The van der Waals surface area contributed by atoms with Crippen molar-refractivity contribution in [3.05, 3.63) is 29.2 Å². The van der Waals surface area contributed by atoms with Crippen molar-refractivity contribution in [2.45, 2.75) is 18.2 Å². The van der Waals surface area contributed by atoms with Crippen LogP contribution in [0.1, 0.15) is 11.1 Å². The molecule has 1 aromatic heterocycles. The summed E-state index contributed by atoms with van der Waals surface area (Å²) >= 11 is 1.46. The molecule has 0 amide bonds. The van der Waals surface area contributed by atoms with Gasteiger partial charge in [-0.1, -0.05) is 0 Å². The fourth-order valence-electron chi connectivity index (χ4n) is 2.17. The maximum Gasteiger partial charge on any atom is 0.146 e. The number of thioether (sulfide) groups is 1. The molecule has 2 nitrogen and oxygen atoms in total. The molecule has 0 radical (unpaired) electrons. The molecule has 0 atom stereocenters. The zero-order valence-electron chi connectivity index (χ0n) is 11.3. The van der Waals surface area contributed by atoms with Crippen molar-refractivity contribution in [3.8, 4) is 0 Å². The summed E-state index contributed by atoms with van der Waals surface area (Å²) in [6.45, 7) is 2.95. The standard InChI is InChI=1S/C14H19FN2S/c1-9-7-11(18-4)13(15)12-10(5-6-17(2)3)8-16-14(9)12/h7-8,16H,5-6H2,1-4H3. The first-order valence-electron chi connectivity index (χ1n) is 6.02. The Hall–Kier alpha value is -1.00. The number of benzene rings is 1. The van der Waals surface area contributed by atoms with Crippen molar-refractivity contribution in [2.24, 2.45) is 0 Å². The second-order valence-corrected chi connectivity index (χ2v) is 5.67. The first kappa shape index (κ1) is 13.4. The Morgan fingerprint density at radius 1 is 1.39 bits per heavy atom. The molecule has 2 aromatic rings. The van der Waals surface area contributed by atoms with E-state index in [0.717, 1.165) is 39.9 Å². The maximum atomic E-state index is 14.4. The average Bonchev–Trinajstić information content (AvgIpc) is 2.75. The summed E-state index contributed by atoms with van der Waals surface area (Å²) in [5.41, 5.74) is 3.10. The Labute approximate surface area is 112 Å². The molecule has 1 aromatic carbocycles. The van der Waals surface area contributed by atoms with Crippen LogP contribution in [-0.4, -0.2) is 36.8 Å². The topological polar surface area (TPSA) is 19.0 Å². The number of fused-ring (bicyclic) bond motifs is 1. The SMILES string of the molecule is CSc1cc(C)c2[nH]cc(CCN(C)C)c2c1F. The summed E-state index contributed by atoms with van der Waals surface area (Å²) in [5, 5.41) is 0.765. The molecule has 1 heterocycles. The van der Waals surface area contributed by atoms with Gasteiger partial charge in [0.15, 0.2) is 0 Å². The van der Waals surface area contributed by atoms with Gasteiger partial charge in [0.2, 0.25) is 0 Å². The van der Waals surface area contributed by atoms with E-state index in [4.69, 9.17) is 0 Å². The predicted octanol–water partition coefficient (Wildman–Crippen LogP) is 3.44. The lowest BCUT2D eigenvalue weighted by Crippen LogP contribution is -2.14. The van der Waals surface area contributed by atoms with Gasteiger partial charge in [-0.15, -0.1) is 11.8 Å². The Kier molecular flexibility index (Phi) is 3.97. The molecule has 0 bridgehead atoms. The lowest BCUT2D eigenvalue weighted by molar-refractivity contribution is 0.414. The third-order valence-corrected chi connectivity index (χ3v) is 3.92. The summed E-state index contributed by atoms with van der Waals surface area (Å²) in [6, 6.07) is 1.91. The van der Waals surface area contributed by atoms with Gasteiger partial charge >= 0.3 is 0 Å².